The molecule has 3 amide bonds. The summed E-state index contributed by atoms with van der Waals surface area (Å²) in [6, 6.07) is 17.8. The van der Waals surface area contributed by atoms with Crippen LogP contribution >= 0.6 is 0 Å². The second-order valence-electron chi connectivity index (χ2n) is 8.69. The largest absolute Gasteiger partial charge is 0.357 e. The number of carbonyl (C=O) groups excluding carboxylic acids is 3. The van der Waals surface area contributed by atoms with Crippen LogP contribution < -0.4 is 10.2 Å². The summed E-state index contributed by atoms with van der Waals surface area (Å²) in [6.07, 6.45) is 5.51. The van der Waals surface area contributed by atoms with E-state index in [1.165, 1.54) is 24.2 Å². The van der Waals surface area contributed by atoms with Gasteiger partial charge in [-0.2, -0.15) is 0 Å². The van der Waals surface area contributed by atoms with E-state index >= 15 is 0 Å². The molecule has 5 rings (SSSR count). The molecular weight excluding hydrogens is 428 g/mol. The number of hydrogen-bond acceptors (Lipinski definition) is 5. The molecule has 0 aliphatic carbocycles. The first-order valence-corrected chi connectivity index (χ1v) is 11.6. The topological polar surface area (TPSA) is 82.6 Å². The molecule has 1 saturated heterocycles. The molecule has 3 heterocycles. The number of nitrogens with one attached hydrogen (secondary N) is 1. The van der Waals surface area contributed by atoms with Crippen LogP contribution in [-0.2, 0) is 13.1 Å². The molecule has 2 aliphatic heterocycles. The smallest absolute Gasteiger partial charge is 0.261 e. The van der Waals surface area contributed by atoms with Crippen molar-refractivity contribution in [1.29, 1.82) is 0 Å². The van der Waals surface area contributed by atoms with E-state index in [9.17, 15) is 14.4 Å². The summed E-state index contributed by atoms with van der Waals surface area (Å²) in [5.74, 6) is 0.223. The molecule has 1 aromatic heterocycles. The fourth-order valence-electron chi connectivity index (χ4n) is 4.44. The monoisotopic (exact) mass is 454 g/mol. The Morgan fingerprint density at radius 1 is 0.824 bits per heavy atom. The molecule has 7 nitrogen and oxygen atoms in total. The average molecular weight is 455 g/mol. The van der Waals surface area contributed by atoms with Gasteiger partial charge in [0, 0.05) is 31.4 Å². The van der Waals surface area contributed by atoms with Gasteiger partial charge < -0.3 is 10.2 Å². The Morgan fingerprint density at radius 3 is 2.09 bits per heavy atom. The van der Waals surface area contributed by atoms with Crippen LogP contribution in [0.15, 0.2) is 66.9 Å². The predicted molar refractivity (Wildman–Crippen MR) is 129 cm³/mol. The fourth-order valence-corrected chi connectivity index (χ4v) is 4.44. The van der Waals surface area contributed by atoms with Crippen LogP contribution in [0.1, 0.15) is 61.5 Å². The number of piperidine rings is 1. The van der Waals surface area contributed by atoms with E-state index in [0.29, 0.717) is 23.2 Å². The van der Waals surface area contributed by atoms with Crippen molar-refractivity contribution in [3.63, 3.8) is 0 Å². The Hall–Kier alpha value is -4.00. The number of rotatable bonds is 6. The molecule has 2 aromatic carbocycles. The van der Waals surface area contributed by atoms with E-state index < -0.39 is 0 Å². The highest BCUT2D eigenvalue weighted by atomic mass is 16.2. The number of amides is 3. The predicted octanol–water partition coefficient (Wildman–Crippen LogP) is 3.80. The minimum absolute atomic E-state index is 0.170. The molecule has 172 valence electrons. The first-order valence-electron chi connectivity index (χ1n) is 11.6. The van der Waals surface area contributed by atoms with Crippen molar-refractivity contribution in [3.8, 4) is 0 Å². The molecule has 0 atom stereocenters. The molecule has 0 bridgehead atoms. The molecule has 0 radical (unpaired) electrons. The number of imide groups is 1. The van der Waals surface area contributed by atoms with Gasteiger partial charge in [-0.3, -0.25) is 19.3 Å². The van der Waals surface area contributed by atoms with Gasteiger partial charge in [-0.05, 0) is 60.7 Å². The van der Waals surface area contributed by atoms with Crippen LogP contribution in [0.3, 0.4) is 0 Å². The number of hydrogen-bond donors (Lipinski definition) is 1. The maximum Gasteiger partial charge on any atom is 0.261 e. The number of carbonyl (C=O) groups is 3. The standard InChI is InChI=1S/C27H26N4O3/c32-25(29-17-20-10-13-24(28-16-20)30-14-4-1-5-15-30)21-11-8-19(9-12-21)18-31-26(33)22-6-2-3-7-23(22)27(31)34/h2-3,6-13,16H,1,4-5,14-15,17-18H2,(H,29,32). The SMILES string of the molecule is O=C(NCc1ccc(N2CCCCC2)nc1)c1ccc(CN2C(=O)c3ccccc3C2=O)cc1. The number of anilines is 1. The molecular formula is C27H26N4O3. The van der Waals surface area contributed by atoms with Gasteiger partial charge in [0.2, 0.25) is 0 Å². The third kappa shape index (κ3) is 4.41. The summed E-state index contributed by atoms with van der Waals surface area (Å²) in [4.78, 5) is 45.8. The summed E-state index contributed by atoms with van der Waals surface area (Å²) in [5.41, 5.74) is 3.10. The first kappa shape index (κ1) is 21.8. The third-order valence-electron chi connectivity index (χ3n) is 6.38. The molecule has 0 saturated carbocycles. The average Bonchev–Trinajstić information content (AvgIpc) is 3.13. The van der Waals surface area contributed by atoms with Gasteiger partial charge in [0.05, 0.1) is 17.7 Å². The van der Waals surface area contributed by atoms with Gasteiger partial charge in [-0.1, -0.05) is 30.3 Å². The molecule has 7 heteroatoms. The van der Waals surface area contributed by atoms with Crippen molar-refractivity contribution in [1.82, 2.24) is 15.2 Å². The highest BCUT2D eigenvalue weighted by Crippen LogP contribution is 2.24. The lowest BCUT2D eigenvalue weighted by Gasteiger charge is -2.27. The normalized spacial score (nSPS) is 15.4. The maximum absolute atomic E-state index is 12.6. The van der Waals surface area contributed by atoms with E-state index in [-0.39, 0.29) is 24.3 Å². The maximum atomic E-state index is 12.6. The molecule has 0 spiro atoms. The fraction of sp³-hybridized carbons (Fsp3) is 0.259. The Morgan fingerprint density at radius 2 is 1.47 bits per heavy atom. The molecule has 34 heavy (non-hydrogen) atoms. The van der Waals surface area contributed by atoms with Gasteiger partial charge >= 0.3 is 0 Å². The lowest BCUT2D eigenvalue weighted by molar-refractivity contribution is 0.0641. The highest BCUT2D eigenvalue weighted by Gasteiger charge is 2.34. The van der Waals surface area contributed by atoms with E-state index in [2.05, 4.69) is 15.2 Å². The van der Waals surface area contributed by atoms with Crippen molar-refractivity contribution < 1.29 is 14.4 Å². The first-order chi connectivity index (χ1) is 16.6. The van der Waals surface area contributed by atoms with Crippen LogP contribution in [0, 0.1) is 0 Å². The lowest BCUT2D eigenvalue weighted by Crippen LogP contribution is -2.30. The van der Waals surface area contributed by atoms with Crippen LogP contribution in [-0.4, -0.2) is 40.7 Å². The summed E-state index contributed by atoms with van der Waals surface area (Å²) >= 11 is 0. The van der Waals surface area contributed by atoms with E-state index in [4.69, 9.17) is 0 Å². The third-order valence-corrected chi connectivity index (χ3v) is 6.38. The summed E-state index contributed by atoms with van der Waals surface area (Å²) in [6.45, 7) is 2.66. The van der Waals surface area contributed by atoms with Crippen LogP contribution in [0.2, 0.25) is 0 Å². The number of benzene rings is 2. The number of aromatic nitrogens is 1. The van der Waals surface area contributed by atoms with Crippen molar-refractivity contribution in [2.45, 2.75) is 32.4 Å². The zero-order chi connectivity index (χ0) is 23.5. The lowest BCUT2D eigenvalue weighted by atomic mass is 10.1. The van der Waals surface area contributed by atoms with Gasteiger partial charge in [0.15, 0.2) is 0 Å². The van der Waals surface area contributed by atoms with E-state index in [1.54, 1.807) is 48.5 Å². The van der Waals surface area contributed by atoms with Crippen LogP contribution in [0.4, 0.5) is 5.82 Å². The Balaban J connectivity index is 1.16. The van der Waals surface area contributed by atoms with Crippen molar-refractivity contribution >= 4 is 23.5 Å². The quantitative estimate of drug-likeness (QED) is 0.573. The Bertz CT molecular complexity index is 1180. The Labute approximate surface area is 198 Å². The number of nitrogens with zero attached hydrogens (tertiary/aromatic N) is 3. The van der Waals surface area contributed by atoms with Crippen LogP contribution in [0.25, 0.3) is 0 Å². The molecule has 0 unspecified atom stereocenters. The van der Waals surface area contributed by atoms with Gasteiger partial charge in [0.1, 0.15) is 5.82 Å². The van der Waals surface area contributed by atoms with E-state index in [1.807, 2.05) is 18.3 Å². The van der Waals surface area contributed by atoms with Crippen molar-refractivity contribution in [2.75, 3.05) is 18.0 Å². The summed E-state index contributed by atoms with van der Waals surface area (Å²) in [5, 5.41) is 2.92. The summed E-state index contributed by atoms with van der Waals surface area (Å²) in [7, 11) is 0. The van der Waals surface area contributed by atoms with Crippen LogP contribution in [0.5, 0.6) is 0 Å². The van der Waals surface area contributed by atoms with Crippen molar-refractivity contribution in [3.05, 3.63) is 94.7 Å². The second kappa shape index (κ2) is 9.47. The number of fused-ring (bicyclic) bond motifs is 1. The summed E-state index contributed by atoms with van der Waals surface area (Å²) < 4.78 is 0. The van der Waals surface area contributed by atoms with E-state index in [0.717, 1.165) is 30.0 Å². The van der Waals surface area contributed by atoms with Gasteiger partial charge in [0.25, 0.3) is 17.7 Å². The van der Waals surface area contributed by atoms with Gasteiger partial charge in [-0.15, -0.1) is 0 Å². The Kier molecular flexibility index (Phi) is 6.08. The minimum atomic E-state index is -0.290. The van der Waals surface area contributed by atoms with Gasteiger partial charge in [-0.25, -0.2) is 4.98 Å². The zero-order valence-corrected chi connectivity index (χ0v) is 18.9. The molecule has 2 aliphatic rings. The zero-order valence-electron chi connectivity index (χ0n) is 18.9. The number of pyridine rings is 1. The van der Waals surface area contributed by atoms with Crippen molar-refractivity contribution in [2.24, 2.45) is 0 Å². The minimum Gasteiger partial charge on any atom is -0.357 e. The highest BCUT2D eigenvalue weighted by molar-refractivity contribution is 6.21. The molecule has 1 fully saturated rings. The second-order valence-corrected chi connectivity index (χ2v) is 8.69. The molecule has 3 aromatic rings. The molecule has 1 N–H and O–H groups in total.